The summed E-state index contributed by atoms with van der Waals surface area (Å²) in [7, 11) is 1.75. The molecule has 0 spiro atoms. The van der Waals surface area contributed by atoms with Crippen LogP contribution in [0.25, 0.3) is 0 Å². The van der Waals surface area contributed by atoms with Crippen molar-refractivity contribution in [1.82, 2.24) is 9.78 Å². The molecule has 0 amide bonds. The zero-order valence-electron chi connectivity index (χ0n) is 9.57. The summed E-state index contributed by atoms with van der Waals surface area (Å²) < 4.78 is 6.76. The normalized spacial score (nSPS) is 11.5. The van der Waals surface area contributed by atoms with Gasteiger partial charge in [-0.05, 0) is 26.8 Å². The molecule has 0 radical (unpaired) electrons. The first-order valence-electron chi connectivity index (χ1n) is 4.80. The molecule has 0 bridgehead atoms. The van der Waals surface area contributed by atoms with Gasteiger partial charge in [-0.1, -0.05) is 0 Å². The zero-order chi connectivity index (χ0) is 11.6. The second kappa shape index (κ2) is 4.02. The molecule has 0 aliphatic heterocycles. The van der Waals surface area contributed by atoms with Gasteiger partial charge in [-0.2, -0.15) is 5.10 Å². The molecule has 2 N–H and O–H groups in total. The Labute approximate surface area is 89.2 Å². The van der Waals surface area contributed by atoms with Gasteiger partial charge in [0.2, 0.25) is 0 Å². The molecule has 0 saturated carbocycles. The van der Waals surface area contributed by atoms with Crippen molar-refractivity contribution in [3.05, 3.63) is 17.5 Å². The maximum Gasteiger partial charge on any atom is 0.359 e. The summed E-state index contributed by atoms with van der Waals surface area (Å²) in [5.74, 6) is -0.419. The topological polar surface area (TPSA) is 70.1 Å². The molecule has 0 fully saturated rings. The maximum atomic E-state index is 11.6. The molecule has 1 aromatic rings. The van der Waals surface area contributed by atoms with Gasteiger partial charge in [0.1, 0.15) is 5.60 Å². The van der Waals surface area contributed by atoms with Crippen molar-refractivity contribution < 1.29 is 9.53 Å². The minimum absolute atomic E-state index is 0.299. The van der Waals surface area contributed by atoms with Crippen molar-refractivity contribution in [2.75, 3.05) is 0 Å². The summed E-state index contributed by atoms with van der Waals surface area (Å²) in [6.45, 7) is 5.80. The Bertz CT molecular complexity index is 363. The zero-order valence-corrected chi connectivity index (χ0v) is 9.57. The van der Waals surface area contributed by atoms with E-state index in [4.69, 9.17) is 10.5 Å². The molecule has 0 aromatic carbocycles. The van der Waals surface area contributed by atoms with E-state index in [2.05, 4.69) is 5.10 Å². The maximum absolute atomic E-state index is 11.6. The van der Waals surface area contributed by atoms with Crippen LogP contribution in [0.15, 0.2) is 6.07 Å². The molecular weight excluding hydrogens is 194 g/mol. The van der Waals surface area contributed by atoms with Gasteiger partial charge < -0.3 is 10.5 Å². The fourth-order valence-corrected chi connectivity index (χ4v) is 1.13. The minimum atomic E-state index is -0.502. The molecule has 0 unspecified atom stereocenters. The third-order valence-electron chi connectivity index (χ3n) is 1.79. The number of carbonyl (C=O) groups excluding carboxylic acids is 1. The monoisotopic (exact) mass is 211 g/mol. The summed E-state index contributed by atoms with van der Waals surface area (Å²) in [5, 5.41) is 4.03. The minimum Gasteiger partial charge on any atom is -0.455 e. The van der Waals surface area contributed by atoms with Crippen LogP contribution in [0.1, 0.15) is 37.0 Å². The lowest BCUT2D eigenvalue weighted by molar-refractivity contribution is 0.00621. The number of aryl methyl sites for hydroxylation is 1. The van der Waals surface area contributed by atoms with Crippen molar-refractivity contribution in [1.29, 1.82) is 0 Å². The Morgan fingerprint density at radius 3 is 2.60 bits per heavy atom. The number of nitrogens with two attached hydrogens (primary N) is 1. The van der Waals surface area contributed by atoms with Gasteiger partial charge in [0, 0.05) is 13.6 Å². The third kappa shape index (κ3) is 3.06. The lowest BCUT2D eigenvalue weighted by Gasteiger charge is -2.18. The van der Waals surface area contributed by atoms with Crippen LogP contribution in [0, 0.1) is 0 Å². The number of aromatic nitrogens is 2. The SMILES string of the molecule is Cn1nc(C(=O)OC(C)(C)C)cc1CN. The van der Waals surface area contributed by atoms with Crippen LogP contribution in [0.3, 0.4) is 0 Å². The van der Waals surface area contributed by atoms with E-state index in [1.54, 1.807) is 17.8 Å². The van der Waals surface area contributed by atoms with E-state index in [0.29, 0.717) is 12.2 Å². The second-order valence-corrected chi connectivity index (χ2v) is 4.35. The lowest BCUT2D eigenvalue weighted by Crippen LogP contribution is -2.24. The van der Waals surface area contributed by atoms with Gasteiger partial charge in [-0.15, -0.1) is 0 Å². The van der Waals surface area contributed by atoms with Crippen LogP contribution < -0.4 is 5.73 Å². The number of esters is 1. The average Bonchev–Trinajstić information content (AvgIpc) is 2.43. The van der Waals surface area contributed by atoms with E-state index in [1.807, 2.05) is 20.8 Å². The fraction of sp³-hybridized carbons (Fsp3) is 0.600. The quantitative estimate of drug-likeness (QED) is 0.736. The number of nitrogens with zero attached hydrogens (tertiary/aromatic N) is 2. The second-order valence-electron chi connectivity index (χ2n) is 4.35. The van der Waals surface area contributed by atoms with Crippen LogP contribution >= 0.6 is 0 Å². The highest BCUT2D eigenvalue weighted by molar-refractivity contribution is 5.87. The van der Waals surface area contributed by atoms with Crippen molar-refractivity contribution in [3.63, 3.8) is 0 Å². The van der Waals surface area contributed by atoms with Crippen LogP contribution in [0.5, 0.6) is 0 Å². The Hall–Kier alpha value is -1.36. The first kappa shape index (κ1) is 11.7. The molecule has 5 heteroatoms. The largest absolute Gasteiger partial charge is 0.455 e. The number of rotatable bonds is 2. The summed E-state index contributed by atoms with van der Waals surface area (Å²) in [6.07, 6.45) is 0. The van der Waals surface area contributed by atoms with Crippen molar-refractivity contribution in [3.8, 4) is 0 Å². The summed E-state index contributed by atoms with van der Waals surface area (Å²) in [6, 6.07) is 1.65. The predicted molar refractivity (Wildman–Crippen MR) is 56.3 cm³/mol. The van der Waals surface area contributed by atoms with E-state index < -0.39 is 11.6 Å². The van der Waals surface area contributed by atoms with Gasteiger partial charge in [0.25, 0.3) is 0 Å². The van der Waals surface area contributed by atoms with Gasteiger partial charge in [-0.3, -0.25) is 4.68 Å². The molecule has 1 aromatic heterocycles. The summed E-state index contributed by atoms with van der Waals surface area (Å²) in [4.78, 5) is 11.6. The Morgan fingerprint density at radius 2 is 2.20 bits per heavy atom. The number of hydrogen-bond acceptors (Lipinski definition) is 4. The van der Waals surface area contributed by atoms with E-state index in [-0.39, 0.29) is 0 Å². The van der Waals surface area contributed by atoms with E-state index >= 15 is 0 Å². The van der Waals surface area contributed by atoms with Gasteiger partial charge in [0.15, 0.2) is 5.69 Å². The molecule has 1 rings (SSSR count). The first-order valence-corrected chi connectivity index (χ1v) is 4.80. The summed E-state index contributed by atoms with van der Waals surface area (Å²) >= 11 is 0. The highest BCUT2D eigenvalue weighted by Crippen LogP contribution is 2.11. The smallest absolute Gasteiger partial charge is 0.359 e. The molecule has 0 aliphatic carbocycles. The molecule has 0 atom stereocenters. The predicted octanol–water partition coefficient (Wildman–Crippen LogP) is 0.834. The molecule has 5 nitrogen and oxygen atoms in total. The number of ether oxygens (including phenoxy) is 1. The molecule has 15 heavy (non-hydrogen) atoms. The number of hydrogen-bond donors (Lipinski definition) is 1. The Kier molecular flexibility index (Phi) is 3.14. The molecule has 84 valence electrons. The highest BCUT2D eigenvalue weighted by atomic mass is 16.6. The molecule has 0 aliphatic rings. The van der Waals surface area contributed by atoms with E-state index in [0.717, 1.165) is 5.69 Å². The molecule has 1 heterocycles. The van der Waals surface area contributed by atoms with E-state index in [1.165, 1.54) is 0 Å². The van der Waals surface area contributed by atoms with Gasteiger partial charge in [0.05, 0.1) is 5.69 Å². The lowest BCUT2D eigenvalue weighted by atomic mass is 10.2. The molecular formula is C10H17N3O2. The third-order valence-corrected chi connectivity index (χ3v) is 1.79. The van der Waals surface area contributed by atoms with Crippen LogP contribution in [-0.4, -0.2) is 21.4 Å². The Morgan fingerprint density at radius 1 is 1.60 bits per heavy atom. The highest BCUT2D eigenvalue weighted by Gasteiger charge is 2.20. The van der Waals surface area contributed by atoms with Gasteiger partial charge >= 0.3 is 5.97 Å². The van der Waals surface area contributed by atoms with Gasteiger partial charge in [-0.25, -0.2) is 4.79 Å². The van der Waals surface area contributed by atoms with E-state index in [9.17, 15) is 4.79 Å². The first-order chi connectivity index (χ1) is 6.83. The van der Waals surface area contributed by atoms with Crippen LogP contribution in [-0.2, 0) is 18.3 Å². The van der Waals surface area contributed by atoms with Crippen molar-refractivity contribution in [2.45, 2.75) is 32.9 Å². The van der Waals surface area contributed by atoms with Crippen LogP contribution in [0.4, 0.5) is 0 Å². The molecule has 0 saturated heterocycles. The summed E-state index contributed by atoms with van der Waals surface area (Å²) in [5.41, 5.74) is 6.08. The number of carbonyl (C=O) groups is 1. The van der Waals surface area contributed by atoms with Crippen molar-refractivity contribution >= 4 is 5.97 Å². The standard InChI is InChI=1S/C10H17N3O2/c1-10(2,3)15-9(14)8-5-7(6-11)13(4)12-8/h5H,6,11H2,1-4H3. The Balaban J connectivity index is 2.83. The van der Waals surface area contributed by atoms with Crippen LogP contribution in [0.2, 0.25) is 0 Å². The average molecular weight is 211 g/mol. The fourth-order valence-electron chi connectivity index (χ4n) is 1.13. The van der Waals surface area contributed by atoms with Crippen molar-refractivity contribution in [2.24, 2.45) is 12.8 Å².